The van der Waals surface area contributed by atoms with E-state index in [0.717, 1.165) is 35.4 Å². The number of benzene rings is 1. The first-order valence-electron chi connectivity index (χ1n) is 11.4. The summed E-state index contributed by atoms with van der Waals surface area (Å²) in [5.74, 6) is 1.43. The summed E-state index contributed by atoms with van der Waals surface area (Å²) < 4.78 is 42.4. The molecule has 186 valence electrons. The van der Waals surface area contributed by atoms with E-state index in [-0.39, 0.29) is 17.8 Å². The van der Waals surface area contributed by atoms with Gasteiger partial charge in [0.15, 0.2) is 5.69 Å². The quantitative estimate of drug-likeness (QED) is 0.542. The molecule has 1 aromatic carbocycles. The Morgan fingerprint density at radius 1 is 1.06 bits per heavy atom. The van der Waals surface area contributed by atoms with Crippen LogP contribution in [0, 0.1) is 6.92 Å². The second-order valence-corrected chi connectivity index (χ2v) is 8.87. The summed E-state index contributed by atoms with van der Waals surface area (Å²) >= 11 is 0. The van der Waals surface area contributed by atoms with Gasteiger partial charge in [-0.25, -0.2) is 14.6 Å². The number of rotatable bonds is 6. The minimum Gasteiger partial charge on any atom is -0.367 e. The van der Waals surface area contributed by atoms with Crippen LogP contribution in [0.4, 0.5) is 24.8 Å². The minimum absolute atomic E-state index is 0.152. The molecule has 0 unspecified atom stereocenters. The third kappa shape index (κ3) is 5.72. The lowest BCUT2D eigenvalue weighted by atomic mass is 9.91. The number of nitrogens with one attached hydrogen (secondary N) is 2. The van der Waals surface area contributed by atoms with Gasteiger partial charge in [-0.05, 0) is 44.7 Å². The van der Waals surface area contributed by atoms with Crippen LogP contribution in [0.3, 0.4) is 0 Å². The standard InChI is InChI=1S/C24H28F3N7O/c1-15-29-20(13-21(30-15)33(2)3)31-16-9-11-17(12-10-16)32-23(35)19-14-28-34(22(19)24(25,26)27)18-7-5-4-6-8-18/h4-8,13-14,16-17H,9-12H2,1-3H3,(H,32,35)(H,29,30,31). The molecule has 11 heteroatoms. The van der Waals surface area contributed by atoms with Gasteiger partial charge in [0.1, 0.15) is 17.5 Å². The lowest BCUT2D eigenvalue weighted by Crippen LogP contribution is -2.40. The van der Waals surface area contributed by atoms with Crippen molar-refractivity contribution in [2.24, 2.45) is 0 Å². The molecule has 0 spiro atoms. The van der Waals surface area contributed by atoms with Gasteiger partial charge in [0.05, 0.1) is 17.4 Å². The first-order valence-corrected chi connectivity index (χ1v) is 11.4. The second-order valence-electron chi connectivity index (χ2n) is 8.87. The Hall–Kier alpha value is -3.63. The molecule has 0 saturated heterocycles. The number of aryl methyl sites for hydroxylation is 1. The molecule has 3 aromatic rings. The number of alkyl halides is 3. The highest BCUT2D eigenvalue weighted by Crippen LogP contribution is 2.34. The maximum atomic E-state index is 13.9. The van der Waals surface area contributed by atoms with E-state index < -0.39 is 23.3 Å². The number of hydrogen-bond donors (Lipinski definition) is 2. The van der Waals surface area contributed by atoms with Crippen LogP contribution < -0.4 is 15.5 Å². The third-order valence-electron chi connectivity index (χ3n) is 5.98. The first kappa shape index (κ1) is 24.5. The molecule has 1 saturated carbocycles. The normalized spacial score (nSPS) is 18.2. The highest BCUT2D eigenvalue weighted by atomic mass is 19.4. The minimum atomic E-state index is -4.73. The Labute approximate surface area is 201 Å². The van der Waals surface area contributed by atoms with E-state index in [1.54, 1.807) is 18.2 Å². The molecule has 35 heavy (non-hydrogen) atoms. The number of carbonyl (C=O) groups excluding carboxylic acids is 1. The fourth-order valence-electron chi connectivity index (χ4n) is 4.26. The monoisotopic (exact) mass is 487 g/mol. The van der Waals surface area contributed by atoms with Crippen molar-refractivity contribution in [2.75, 3.05) is 24.3 Å². The number of anilines is 2. The van der Waals surface area contributed by atoms with Crippen molar-refractivity contribution in [3.05, 3.63) is 59.7 Å². The molecule has 2 aromatic heterocycles. The smallest absolute Gasteiger partial charge is 0.367 e. The number of carbonyl (C=O) groups is 1. The highest BCUT2D eigenvalue weighted by molar-refractivity contribution is 5.95. The lowest BCUT2D eigenvalue weighted by molar-refractivity contribution is -0.143. The molecule has 2 heterocycles. The van der Waals surface area contributed by atoms with Gasteiger partial charge < -0.3 is 15.5 Å². The largest absolute Gasteiger partial charge is 0.434 e. The van der Waals surface area contributed by atoms with Crippen molar-refractivity contribution in [1.29, 1.82) is 0 Å². The van der Waals surface area contributed by atoms with Crippen molar-refractivity contribution in [3.63, 3.8) is 0 Å². The molecule has 1 amide bonds. The van der Waals surface area contributed by atoms with Crippen LogP contribution >= 0.6 is 0 Å². The number of halogens is 3. The number of amides is 1. The molecule has 4 rings (SSSR count). The molecular formula is C24H28F3N7O. The van der Waals surface area contributed by atoms with E-state index in [4.69, 9.17) is 0 Å². The predicted molar refractivity (Wildman–Crippen MR) is 127 cm³/mol. The molecule has 0 atom stereocenters. The van der Waals surface area contributed by atoms with Gasteiger partial charge in [-0.2, -0.15) is 18.3 Å². The van der Waals surface area contributed by atoms with Crippen molar-refractivity contribution < 1.29 is 18.0 Å². The number of para-hydroxylation sites is 1. The molecule has 2 N–H and O–H groups in total. The van der Waals surface area contributed by atoms with Gasteiger partial charge >= 0.3 is 6.18 Å². The third-order valence-corrected chi connectivity index (χ3v) is 5.98. The van der Waals surface area contributed by atoms with Crippen LogP contribution in [-0.4, -0.2) is 51.8 Å². The zero-order valence-electron chi connectivity index (χ0n) is 19.8. The Morgan fingerprint density at radius 3 is 2.34 bits per heavy atom. The van der Waals surface area contributed by atoms with Crippen LogP contribution in [0.2, 0.25) is 0 Å². The van der Waals surface area contributed by atoms with Gasteiger partial charge in [-0.3, -0.25) is 4.79 Å². The van der Waals surface area contributed by atoms with Gasteiger partial charge in [-0.1, -0.05) is 18.2 Å². The Kier molecular flexibility index (Phi) is 6.95. The van der Waals surface area contributed by atoms with E-state index >= 15 is 0 Å². The summed E-state index contributed by atoms with van der Waals surface area (Å²) in [4.78, 5) is 23.6. The van der Waals surface area contributed by atoms with Crippen LogP contribution in [0.5, 0.6) is 0 Å². The zero-order chi connectivity index (χ0) is 25.2. The SMILES string of the molecule is Cc1nc(NC2CCC(NC(=O)c3cnn(-c4ccccc4)c3C(F)(F)F)CC2)cc(N(C)C)n1. The number of nitrogens with zero attached hydrogens (tertiary/aromatic N) is 5. The molecule has 1 aliphatic carbocycles. The summed E-state index contributed by atoms with van der Waals surface area (Å²) in [6.45, 7) is 1.83. The van der Waals surface area contributed by atoms with Crippen molar-refractivity contribution in [1.82, 2.24) is 25.1 Å². The molecule has 0 radical (unpaired) electrons. The topological polar surface area (TPSA) is 88.0 Å². The van der Waals surface area contributed by atoms with E-state index in [9.17, 15) is 18.0 Å². The van der Waals surface area contributed by atoms with Gasteiger partial charge in [-0.15, -0.1) is 0 Å². The fourth-order valence-corrected chi connectivity index (χ4v) is 4.26. The van der Waals surface area contributed by atoms with Crippen molar-refractivity contribution in [3.8, 4) is 5.69 Å². The van der Waals surface area contributed by atoms with E-state index in [1.165, 1.54) is 12.1 Å². The first-order chi connectivity index (χ1) is 16.6. The van der Waals surface area contributed by atoms with Crippen molar-refractivity contribution in [2.45, 2.75) is 50.9 Å². The molecule has 0 aliphatic heterocycles. The highest BCUT2D eigenvalue weighted by Gasteiger charge is 2.41. The summed E-state index contributed by atoms with van der Waals surface area (Å²) in [5, 5.41) is 10.1. The van der Waals surface area contributed by atoms with Gasteiger partial charge in [0.25, 0.3) is 5.91 Å². The summed E-state index contributed by atoms with van der Waals surface area (Å²) in [6.07, 6.45) is -0.967. The van der Waals surface area contributed by atoms with Crippen LogP contribution in [0.1, 0.15) is 47.6 Å². The average molecular weight is 488 g/mol. The van der Waals surface area contributed by atoms with E-state index in [0.29, 0.717) is 18.7 Å². The van der Waals surface area contributed by atoms with E-state index in [1.807, 2.05) is 32.0 Å². The molecule has 8 nitrogen and oxygen atoms in total. The summed E-state index contributed by atoms with van der Waals surface area (Å²) in [7, 11) is 3.82. The van der Waals surface area contributed by atoms with Crippen LogP contribution in [0.15, 0.2) is 42.6 Å². The second kappa shape index (κ2) is 9.93. The summed E-state index contributed by atoms with van der Waals surface area (Å²) in [5.41, 5.74) is -1.32. The Bertz CT molecular complexity index is 1170. The Balaban J connectivity index is 1.41. The van der Waals surface area contributed by atoms with Gasteiger partial charge in [0.2, 0.25) is 0 Å². The average Bonchev–Trinajstić information content (AvgIpc) is 3.27. The zero-order valence-corrected chi connectivity index (χ0v) is 19.8. The summed E-state index contributed by atoms with van der Waals surface area (Å²) in [6, 6.07) is 9.78. The molecular weight excluding hydrogens is 459 g/mol. The maximum absolute atomic E-state index is 13.9. The molecule has 0 bridgehead atoms. The molecule has 1 fully saturated rings. The van der Waals surface area contributed by atoms with Crippen LogP contribution in [-0.2, 0) is 6.18 Å². The van der Waals surface area contributed by atoms with E-state index in [2.05, 4.69) is 25.7 Å². The van der Waals surface area contributed by atoms with Gasteiger partial charge in [0, 0.05) is 32.2 Å². The molecule has 1 aliphatic rings. The van der Waals surface area contributed by atoms with Crippen molar-refractivity contribution >= 4 is 17.5 Å². The lowest BCUT2D eigenvalue weighted by Gasteiger charge is -2.30. The fraction of sp³-hybridized carbons (Fsp3) is 0.417. The Morgan fingerprint density at radius 2 is 1.71 bits per heavy atom. The maximum Gasteiger partial charge on any atom is 0.434 e. The number of aromatic nitrogens is 4. The predicted octanol–water partition coefficient (Wildman–Crippen LogP) is 4.21. The van der Waals surface area contributed by atoms with Crippen LogP contribution in [0.25, 0.3) is 5.69 Å². The number of hydrogen-bond acceptors (Lipinski definition) is 6.